The second kappa shape index (κ2) is 2.40. The zero-order valence-corrected chi connectivity index (χ0v) is 6.25. The van der Waals surface area contributed by atoms with E-state index in [4.69, 9.17) is 0 Å². The second-order valence-corrected chi connectivity index (χ2v) is 5.45. The lowest BCUT2D eigenvalue weighted by molar-refractivity contribution is -0.114. The van der Waals surface area contributed by atoms with Gasteiger partial charge in [0.05, 0.1) is 9.93 Å². The van der Waals surface area contributed by atoms with Crippen molar-refractivity contribution in [2.75, 3.05) is 18.3 Å². The summed E-state index contributed by atoms with van der Waals surface area (Å²) in [4.78, 5) is 10.3. The van der Waals surface area contributed by atoms with Crippen LogP contribution >= 0.6 is 0 Å². The summed E-state index contributed by atoms with van der Waals surface area (Å²) >= 11 is 0. The Labute approximate surface area is 50.7 Å². The highest BCUT2D eigenvalue weighted by Gasteiger charge is 2.14. The van der Waals surface area contributed by atoms with E-state index in [0.29, 0.717) is 0 Å². The van der Waals surface area contributed by atoms with Crippen LogP contribution in [-0.2, 0) is 18.9 Å². The third-order valence-electron chi connectivity index (χ3n) is 0.551. The van der Waals surface area contributed by atoms with Crippen molar-refractivity contribution in [3.8, 4) is 0 Å². The smallest absolute Gasteiger partial charge is 0.178 e. The van der Waals surface area contributed by atoms with Crippen LogP contribution in [0.2, 0.25) is 0 Å². The van der Waals surface area contributed by atoms with Gasteiger partial charge in [-0.15, -0.1) is 4.21 Å². The van der Waals surface area contributed by atoms with Gasteiger partial charge in [-0.3, -0.25) is 4.79 Å². The Hall–Kier alpha value is -0.180. The topological polar surface area (TPSA) is 34.1 Å². The van der Waals surface area contributed by atoms with Gasteiger partial charge in [0.25, 0.3) is 0 Å². The molecule has 0 rings (SSSR count). The summed E-state index contributed by atoms with van der Waals surface area (Å²) in [6.45, 7) is 1.45. The van der Waals surface area contributed by atoms with Crippen molar-refractivity contribution in [3.05, 3.63) is 0 Å². The van der Waals surface area contributed by atoms with Gasteiger partial charge in [0.15, 0.2) is 11.5 Å². The fourth-order valence-electron chi connectivity index (χ4n) is 0.490. The molecule has 0 amide bonds. The summed E-state index contributed by atoms with van der Waals surface area (Å²) in [5.74, 6) is 0.215. The molecule has 0 aliphatic heterocycles. The standard InChI is InChI=1S/C5H11O2S/c1-5(6)4-8(2,3)7/h4H2,1-3H3/q+1. The molecule has 0 aliphatic carbocycles. The van der Waals surface area contributed by atoms with Gasteiger partial charge < -0.3 is 0 Å². The quantitative estimate of drug-likeness (QED) is 0.511. The minimum atomic E-state index is -1.82. The Morgan fingerprint density at radius 2 is 1.88 bits per heavy atom. The second-order valence-electron chi connectivity index (χ2n) is 2.28. The first-order chi connectivity index (χ1) is 3.42. The fraction of sp³-hybridized carbons (Fsp3) is 0.800. The van der Waals surface area contributed by atoms with Crippen molar-refractivity contribution >= 4 is 15.7 Å². The molecule has 0 bridgehead atoms. The molecule has 2 nitrogen and oxygen atoms in total. The molecule has 48 valence electrons. The summed E-state index contributed by atoms with van der Waals surface area (Å²) in [6, 6.07) is 0. The van der Waals surface area contributed by atoms with Crippen molar-refractivity contribution in [2.45, 2.75) is 6.92 Å². The average molecular weight is 135 g/mol. The van der Waals surface area contributed by atoms with E-state index in [-0.39, 0.29) is 11.5 Å². The lowest BCUT2D eigenvalue weighted by Crippen LogP contribution is -2.16. The van der Waals surface area contributed by atoms with Gasteiger partial charge in [0.2, 0.25) is 0 Å². The largest absolute Gasteiger partial charge is 0.295 e. The van der Waals surface area contributed by atoms with Crippen LogP contribution in [0.1, 0.15) is 6.92 Å². The van der Waals surface area contributed by atoms with Crippen LogP contribution in [0.15, 0.2) is 0 Å². The van der Waals surface area contributed by atoms with Crippen LogP contribution in [-0.4, -0.2) is 24.0 Å². The van der Waals surface area contributed by atoms with Crippen LogP contribution in [0, 0.1) is 0 Å². The maximum Gasteiger partial charge on any atom is 0.178 e. The van der Waals surface area contributed by atoms with Gasteiger partial charge >= 0.3 is 0 Å². The molecule has 0 aromatic rings. The van der Waals surface area contributed by atoms with E-state index in [0.717, 1.165) is 0 Å². The van der Waals surface area contributed by atoms with E-state index < -0.39 is 9.93 Å². The molecule has 3 heteroatoms. The molecule has 0 fully saturated rings. The Bertz CT molecular complexity index is 133. The molecule has 0 saturated heterocycles. The number of ketones is 1. The molecule has 0 aromatic heterocycles. The van der Waals surface area contributed by atoms with Gasteiger partial charge in [0.1, 0.15) is 12.5 Å². The highest BCUT2D eigenvalue weighted by atomic mass is 32.2. The summed E-state index contributed by atoms with van der Waals surface area (Å²) in [6.07, 6.45) is 3.18. The molecule has 0 radical (unpaired) electrons. The number of hydrogen-bond donors (Lipinski definition) is 0. The van der Waals surface area contributed by atoms with E-state index in [2.05, 4.69) is 0 Å². The molecule has 0 heterocycles. The normalized spacial score (nSPS) is 11.4. The summed E-state index contributed by atoms with van der Waals surface area (Å²) in [5, 5.41) is 0. The molecule has 0 aliphatic rings. The predicted molar refractivity (Wildman–Crippen MR) is 35.4 cm³/mol. The van der Waals surface area contributed by atoms with E-state index in [1.165, 1.54) is 6.92 Å². The number of rotatable bonds is 2. The highest BCUT2D eigenvalue weighted by Crippen LogP contribution is 1.91. The SMILES string of the molecule is CC(=O)C[S+](C)(C)=O. The molecule has 0 aromatic carbocycles. The average Bonchev–Trinajstić information content (AvgIpc) is 1.21. The van der Waals surface area contributed by atoms with Crippen molar-refractivity contribution in [1.82, 2.24) is 0 Å². The Morgan fingerprint density at radius 3 is 1.88 bits per heavy atom. The van der Waals surface area contributed by atoms with Crippen LogP contribution in [0.4, 0.5) is 0 Å². The van der Waals surface area contributed by atoms with Crippen LogP contribution in [0.25, 0.3) is 0 Å². The molecule has 8 heavy (non-hydrogen) atoms. The van der Waals surface area contributed by atoms with Crippen LogP contribution in [0.3, 0.4) is 0 Å². The van der Waals surface area contributed by atoms with Crippen molar-refractivity contribution in [3.63, 3.8) is 0 Å². The lowest BCUT2D eigenvalue weighted by atomic mass is 10.5. The van der Waals surface area contributed by atoms with Crippen LogP contribution in [0.5, 0.6) is 0 Å². The highest BCUT2D eigenvalue weighted by molar-refractivity contribution is 8.02. The van der Waals surface area contributed by atoms with Crippen LogP contribution < -0.4 is 0 Å². The van der Waals surface area contributed by atoms with E-state index >= 15 is 0 Å². The first-order valence-corrected chi connectivity index (χ1v) is 4.87. The first kappa shape index (κ1) is 7.82. The monoisotopic (exact) mass is 135 g/mol. The third kappa shape index (κ3) is 5.82. The van der Waals surface area contributed by atoms with E-state index in [9.17, 15) is 9.00 Å². The third-order valence-corrected chi connectivity index (χ3v) is 1.65. The van der Waals surface area contributed by atoms with E-state index in [1.54, 1.807) is 12.5 Å². The minimum Gasteiger partial charge on any atom is -0.295 e. The van der Waals surface area contributed by atoms with Gasteiger partial charge in [-0.1, -0.05) is 0 Å². The molecule has 0 saturated carbocycles. The number of hydrogen-bond acceptors (Lipinski definition) is 2. The van der Waals surface area contributed by atoms with E-state index in [1.807, 2.05) is 0 Å². The Balaban J connectivity index is 3.74. The Kier molecular flexibility index (Phi) is 2.34. The van der Waals surface area contributed by atoms with Crippen molar-refractivity contribution in [2.24, 2.45) is 0 Å². The Morgan fingerprint density at radius 1 is 1.50 bits per heavy atom. The predicted octanol–water partition coefficient (Wildman–Crippen LogP) is 0.335. The summed E-state index contributed by atoms with van der Waals surface area (Å²) in [7, 11) is -1.82. The molecule has 0 unspecified atom stereocenters. The lowest BCUT2D eigenvalue weighted by Gasteiger charge is -1.93. The summed E-state index contributed by atoms with van der Waals surface area (Å²) < 4.78 is 10.8. The maximum atomic E-state index is 10.8. The minimum absolute atomic E-state index is 0.000000000000000444. The number of Topliss-reactive ketones (excluding diaryl/α,β-unsaturated/α-hetero) is 1. The van der Waals surface area contributed by atoms with Crippen molar-refractivity contribution in [1.29, 1.82) is 0 Å². The molecule has 0 spiro atoms. The number of carbonyl (C=O) groups is 1. The van der Waals surface area contributed by atoms with Gasteiger partial charge in [-0.05, 0) is 6.92 Å². The van der Waals surface area contributed by atoms with Gasteiger partial charge in [-0.2, -0.15) is 0 Å². The zero-order valence-electron chi connectivity index (χ0n) is 5.43. The molecule has 0 N–H and O–H groups in total. The molecular weight excluding hydrogens is 124 g/mol. The van der Waals surface area contributed by atoms with Gasteiger partial charge in [-0.25, -0.2) is 0 Å². The summed E-state index contributed by atoms with van der Waals surface area (Å²) in [5.41, 5.74) is 0. The van der Waals surface area contributed by atoms with Gasteiger partial charge in [0, 0.05) is 0 Å². The first-order valence-electron chi connectivity index (χ1n) is 2.33. The maximum absolute atomic E-state index is 10.8. The van der Waals surface area contributed by atoms with Crippen molar-refractivity contribution < 1.29 is 9.00 Å². The number of carbonyl (C=O) groups excluding carboxylic acids is 1. The molecule has 0 atom stereocenters. The fourth-order valence-corrected chi connectivity index (χ4v) is 1.47. The zero-order chi connectivity index (χ0) is 6.78. The molecular formula is C5H11O2S+.